The van der Waals surface area contributed by atoms with Crippen molar-refractivity contribution in [3.05, 3.63) is 41.2 Å². The third kappa shape index (κ3) is 5.20. The van der Waals surface area contributed by atoms with Gasteiger partial charge >= 0.3 is 5.97 Å². The van der Waals surface area contributed by atoms with E-state index in [-0.39, 0.29) is 23.3 Å². The average Bonchev–Trinajstić information content (AvgIpc) is 3.41. The first kappa shape index (κ1) is 29.4. The molecule has 44 heavy (non-hydrogen) atoms. The quantitative estimate of drug-likeness (QED) is 0.384. The Kier molecular flexibility index (Phi) is 7.50. The number of hydrogen-bond donors (Lipinski definition) is 2. The number of aliphatic carboxylic acids is 1. The topological polar surface area (TPSA) is 114 Å². The minimum absolute atomic E-state index is 0.0765. The van der Waals surface area contributed by atoms with Crippen LogP contribution in [0.5, 0.6) is 5.75 Å². The number of alkyl halides is 2. The van der Waals surface area contributed by atoms with Gasteiger partial charge in [0.05, 0.1) is 12.2 Å². The summed E-state index contributed by atoms with van der Waals surface area (Å²) in [5.74, 6) is -3.39. The summed E-state index contributed by atoms with van der Waals surface area (Å²) in [6.07, 6.45) is 8.96. The van der Waals surface area contributed by atoms with Crippen LogP contribution in [0.15, 0.2) is 24.4 Å². The number of halogens is 2. The van der Waals surface area contributed by atoms with Crippen molar-refractivity contribution < 1.29 is 33.0 Å². The molecule has 4 saturated carbocycles. The number of nitrogens with one attached hydrogen (secondary N) is 1. The first-order valence-corrected chi connectivity index (χ1v) is 16.0. The number of carbonyl (C=O) groups excluding carboxylic acids is 1. The number of carboxylic acids is 1. The first-order valence-electron chi connectivity index (χ1n) is 16.0. The lowest BCUT2D eigenvalue weighted by atomic mass is 9.48. The van der Waals surface area contributed by atoms with Gasteiger partial charge in [0.2, 0.25) is 5.95 Å². The summed E-state index contributed by atoms with van der Waals surface area (Å²) in [7, 11) is 0. The van der Waals surface area contributed by atoms with Crippen LogP contribution in [0.1, 0.15) is 79.9 Å². The molecule has 6 aliphatic rings. The zero-order valence-corrected chi connectivity index (χ0v) is 25.1. The molecule has 0 unspecified atom stereocenters. The van der Waals surface area contributed by atoms with E-state index in [2.05, 4.69) is 15.3 Å². The molecule has 1 amide bonds. The highest BCUT2D eigenvalue weighted by molar-refractivity contribution is 5.99. The van der Waals surface area contributed by atoms with E-state index in [0.29, 0.717) is 44.2 Å². The second kappa shape index (κ2) is 11.2. The van der Waals surface area contributed by atoms with E-state index in [4.69, 9.17) is 9.47 Å². The summed E-state index contributed by atoms with van der Waals surface area (Å²) in [6, 6.07) is 5.74. The lowest BCUT2D eigenvalue weighted by Crippen LogP contribution is -2.70. The molecular formula is C33H40F2N4O5. The van der Waals surface area contributed by atoms with Crippen LogP contribution in [0, 0.1) is 29.6 Å². The molecule has 4 aliphatic carbocycles. The minimum Gasteiger partial charge on any atom is -0.494 e. The highest BCUT2D eigenvalue weighted by Crippen LogP contribution is 2.58. The van der Waals surface area contributed by atoms with Gasteiger partial charge in [-0.2, -0.15) is 8.78 Å². The fourth-order valence-corrected chi connectivity index (χ4v) is 8.85. The monoisotopic (exact) mass is 610 g/mol. The van der Waals surface area contributed by atoms with Crippen molar-refractivity contribution >= 4 is 23.5 Å². The number of carboxylic acid groups (broad SMARTS) is 1. The third-order valence-corrected chi connectivity index (χ3v) is 10.9. The second-order valence-corrected chi connectivity index (χ2v) is 13.6. The minimum atomic E-state index is -3.45. The molecule has 8 rings (SSSR count). The molecule has 5 fully saturated rings. The van der Waals surface area contributed by atoms with Gasteiger partial charge in [-0.3, -0.25) is 4.79 Å². The summed E-state index contributed by atoms with van der Waals surface area (Å²) >= 11 is 0. The molecular weight excluding hydrogens is 570 g/mol. The number of nitrogens with zero attached hydrogens (tertiary/aromatic N) is 3. The van der Waals surface area contributed by atoms with Gasteiger partial charge in [-0.1, -0.05) is 0 Å². The molecule has 1 aromatic heterocycles. The van der Waals surface area contributed by atoms with E-state index in [0.717, 1.165) is 87.8 Å². The Labute approximate surface area is 255 Å². The Morgan fingerprint density at radius 1 is 1.14 bits per heavy atom. The van der Waals surface area contributed by atoms with Crippen LogP contribution < -0.4 is 15.0 Å². The summed E-state index contributed by atoms with van der Waals surface area (Å²) in [6.45, 7) is 3.44. The van der Waals surface area contributed by atoms with E-state index in [9.17, 15) is 14.7 Å². The van der Waals surface area contributed by atoms with Crippen LogP contribution in [0.3, 0.4) is 0 Å². The van der Waals surface area contributed by atoms with Gasteiger partial charge < -0.3 is 24.8 Å². The summed E-state index contributed by atoms with van der Waals surface area (Å²) in [5, 5.41) is 13.2. The molecule has 2 aromatic rings. The predicted molar refractivity (Wildman–Crippen MR) is 157 cm³/mol. The molecule has 9 nitrogen and oxygen atoms in total. The molecule has 0 atom stereocenters. The fourth-order valence-electron chi connectivity index (χ4n) is 8.85. The third-order valence-electron chi connectivity index (χ3n) is 10.9. The molecule has 2 N–H and O–H groups in total. The van der Waals surface area contributed by atoms with Crippen molar-refractivity contribution in [1.29, 1.82) is 0 Å². The van der Waals surface area contributed by atoms with Crippen molar-refractivity contribution in [2.45, 2.75) is 76.2 Å². The van der Waals surface area contributed by atoms with E-state index in [1.807, 2.05) is 18.2 Å². The average molecular weight is 611 g/mol. The summed E-state index contributed by atoms with van der Waals surface area (Å²) in [5.41, 5.74) is -0.729. The first-order chi connectivity index (χ1) is 21.1. The van der Waals surface area contributed by atoms with Crippen LogP contribution >= 0.6 is 0 Å². The molecule has 0 spiro atoms. The van der Waals surface area contributed by atoms with Crippen LogP contribution in [-0.2, 0) is 21.9 Å². The zero-order chi connectivity index (χ0) is 30.6. The number of aromatic nitrogens is 2. The van der Waals surface area contributed by atoms with Gasteiger partial charge in [0.1, 0.15) is 17.0 Å². The molecule has 11 heteroatoms. The summed E-state index contributed by atoms with van der Waals surface area (Å²) < 4.78 is 41.5. The Morgan fingerprint density at radius 3 is 2.50 bits per heavy atom. The van der Waals surface area contributed by atoms with Gasteiger partial charge in [-0.25, -0.2) is 14.8 Å². The maximum Gasteiger partial charge on any atom is 0.330 e. The molecule has 0 radical (unpaired) electrons. The van der Waals surface area contributed by atoms with Crippen molar-refractivity contribution in [2.75, 3.05) is 31.3 Å². The number of hydrogen-bond acceptors (Lipinski definition) is 7. The maximum atomic E-state index is 15.0. The van der Waals surface area contributed by atoms with Crippen molar-refractivity contribution in [1.82, 2.24) is 15.3 Å². The zero-order valence-electron chi connectivity index (χ0n) is 25.1. The van der Waals surface area contributed by atoms with Crippen LogP contribution in [0.4, 0.5) is 20.4 Å². The Morgan fingerprint density at radius 2 is 1.84 bits per heavy atom. The van der Waals surface area contributed by atoms with Gasteiger partial charge in [0.25, 0.3) is 11.8 Å². The number of rotatable bonds is 9. The van der Waals surface area contributed by atoms with E-state index < -0.39 is 29.0 Å². The Hall–Kier alpha value is -3.34. The van der Waals surface area contributed by atoms with Gasteiger partial charge in [0, 0.05) is 38.6 Å². The largest absolute Gasteiger partial charge is 0.494 e. The fraction of sp³-hybridized carbons (Fsp3) is 0.636. The normalized spacial score (nSPS) is 29.5. The smallest absolute Gasteiger partial charge is 0.330 e. The molecule has 1 saturated heterocycles. The van der Waals surface area contributed by atoms with Gasteiger partial charge in [-0.05, 0) is 111 Å². The van der Waals surface area contributed by atoms with Crippen LogP contribution in [0.2, 0.25) is 0 Å². The molecule has 4 bridgehead atoms. The van der Waals surface area contributed by atoms with Crippen molar-refractivity contribution in [3.8, 4) is 5.75 Å². The number of ether oxygens (including phenoxy) is 2. The highest BCUT2D eigenvalue weighted by Gasteiger charge is 2.62. The van der Waals surface area contributed by atoms with E-state index in [1.54, 1.807) is 4.90 Å². The van der Waals surface area contributed by atoms with E-state index >= 15 is 8.78 Å². The van der Waals surface area contributed by atoms with Crippen molar-refractivity contribution in [2.24, 2.45) is 29.6 Å². The molecule has 2 aliphatic heterocycles. The standard InChI is InChI=1S/C33H40F2N4O5/c1-32(34,35)28-26(29(40)38-33(30(41)42)23-13-20-12-21(15-23)16-24(33)14-20)18-36-31(37-28)39-8-4-22-17-25(2-3-27(22)39)44-11-7-19-5-9-43-10-6-19/h2-3,17-21,23-24H,4-16H2,1H3,(H,38,40)(H,41,42). The molecule has 3 heterocycles. The van der Waals surface area contributed by atoms with Gasteiger partial charge in [0.15, 0.2) is 0 Å². The number of amides is 1. The van der Waals surface area contributed by atoms with Crippen LogP contribution in [-0.4, -0.2) is 58.9 Å². The predicted octanol–water partition coefficient (Wildman–Crippen LogP) is 5.49. The SMILES string of the molecule is CC(F)(F)c1nc(N2CCc3cc(OCCC4CCOCC4)ccc32)ncc1C(=O)NC1(C(=O)O)C2CC3CC(C2)CC1C3. The number of fused-ring (bicyclic) bond motifs is 1. The van der Waals surface area contributed by atoms with Crippen LogP contribution in [0.25, 0.3) is 0 Å². The van der Waals surface area contributed by atoms with E-state index in [1.165, 1.54) is 0 Å². The van der Waals surface area contributed by atoms with Gasteiger partial charge in [-0.15, -0.1) is 0 Å². The molecule has 236 valence electrons. The number of carbonyl (C=O) groups is 2. The maximum absolute atomic E-state index is 15.0. The highest BCUT2D eigenvalue weighted by atomic mass is 19.3. The summed E-state index contributed by atoms with van der Waals surface area (Å²) in [4.78, 5) is 36.8. The molecule has 1 aromatic carbocycles. The lowest BCUT2D eigenvalue weighted by molar-refractivity contribution is -0.163. The second-order valence-electron chi connectivity index (χ2n) is 13.6. The number of benzene rings is 1. The number of anilines is 2. The lowest BCUT2D eigenvalue weighted by Gasteiger charge is -2.59. The Bertz CT molecular complexity index is 1410. The Balaban J connectivity index is 1.10. The van der Waals surface area contributed by atoms with Crippen molar-refractivity contribution in [3.63, 3.8) is 0 Å².